The first-order chi connectivity index (χ1) is 9.09. The number of benzene rings is 1. The number of likely N-dealkylation sites (tertiary alicyclic amines) is 1. The van der Waals surface area contributed by atoms with Crippen molar-refractivity contribution in [2.45, 2.75) is 17.7 Å². The van der Waals surface area contributed by atoms with Crippen LogP contribution in [-0.2, 0) is 4.79 Å². The lowest BCUT2D eigenvalue weighted by atomic mass is 10.1. The van der Waals surface area contributed by atoms with Gasteiger partial charge < -0.3 is 10.2 Å². The van der Waals surface area contributed by atoms with Gasteiger partial charge in [-0.05, 0) is 25.0 Å². The standard InChI is InChI=1S/C13H14Cl2N2O2/c14-11(15)12(18)16-10-6-2-1-5-9(10)13(19)17-7-3-4-8-17/h1-2,5-6,11H,3-4,7-8H2,(H,16,18). The fourth-order valence-corrected chi connectivity index (χ4v) is 2.17. The summed E-state index contributed by atoms with van der Waals surface area (Å²) in [5.41, 5.74) is 0.905. The van der Waals surface area contributed by atoms with Crippen LogP contribution in [0, 0.1) is 0 Å². The average molecular weight is 301 g/mol. The molecule has 0 bridgehead atoms. The topological polar surface area (TPSA) is 49.4 Å². The molecule has 1 heterocycles. The van der Waals surface area contributed by atoms with E-state index in [1.807, 2.05) is 0 Å². The fraction of sp³-hybridized carbons (Fsp3) is 0.385. The molecule has 0 spiro atoms. The Labute approximate surface area is 121 Å². The van der Waals surface area contributed by atoms with Crippen LogP contribution in [0.4, 0.5) is 5.69 Å². The first kappa shape index (κ1) is 14.2. The predicted octanol–water partition coefficient (Wildman–Crippen LogP) is 2.66. The van der Waals surface area contributed by atoms with Crippen molar-refractivity contribution in [3.63, 3.8) is 0 Å². The van der Waals surface area contributed by atoms with Gasteiger partial charge in [-0.15, -0.1) is 0 Å². The molecule has 2 amide bonds. The van der Waals surface area contributed by atoms with E-state index in [2.05, 4.69) is 5.32 Å². The van der Waals surface area contributed by atoms with Crippen LogP contribution in [0.25, 0.3) is 0 Å². The van der Waals surface area contributed by atoms with Crippen LogP contribution in [0.2, 0.25) is 0 Å². The van der Waals surface area contributed by atoms with E-state index in [0.717, 1.165) is 25.9 Å². The summed E-state index contributed by atoms with van der Waals surface area (Å²) in [5.74, 6) is -0.612. The summed E-state index contributed by atoms with van der Waals surface area (Å²) in [6.45, 7) is 1.52. The van der Waals surface area contributed by atoms with Gasteiger partial charge in [0.2, 0.25) is 0 Å². The van der Waals surface area contributed by atoms with Gasteiger partial charge in [-0.3, -0.25) is 9.59 Å². The Bertz CT molecular complexity index is 485. The van der Waals surface area contributed by atoms with Gasteiger partial charge >= 0.3 is 0 Å². The Kier molecular flexibility index (Phi) is 4.66. The predicted molar refractivity (Wildman–Crippen MR) is 75.7 cm³/mol. The van der Waals surface area contributed by atoms with Crippen molar-refractivity contribution >= 4 is 40.7 Å². The largest absolute Gasteiger partial charge is 0.339 e. The van der Waals surface area contributed by atoms with Crippen LogP contribution in [-0.4, -0.2) is 34.6 Å². The van der Waals surface area contributed by atoms with E-state index in [4.69, 9.17) is 23.2 Å². The van der Waals surface area contributed by atoms with Crippen molar-refractivity contribution in [3.8, 4) is 0 Å². The van der Waals surface area contributed by atoms with Gasteiger partial charge in [-0.25, -0.2) is 0 Å². The molecule has 6 heteroatoms. The molecule has 1 aliphatic heterocycles. The van der Waals surface area contributed by atoms with Crippen LogP contribution in [0.5, 0.6) is 0 Å². The molecule has 102 valence electrons. The maximum Gasteiger partial charge on any atom is 0.257 e. The summed E-state index contributed by atoms with van der Waals surface area (Å²) < 4.78 is 0. The van der Waals surface area contributed by atoms with Crippen molar-refractivity contribution in [2.75, 3.05) is 18.4 Å². The summed E-state index contributed by atoms with van der Waals surface area (Å²) >= 11 is 11.0. The summed E-state index contributed by atoms with van der Waals surface area (Å²) in [7, 11) is 0. The Hall–Kier alpha value is -1.26. The highest BCUT2D eigenvalue weighted by atomic mass is 35.5. The van der Waals surface area contributed by atoms with Crippen LogP contribution >= 0.6 is 23.2 Å². The molecule has 1 aromatic carbocycles. The smallest absolute Gasteiger partial charge is 0.257 e. The molecular formula is C13H14Cl2N2O2. The number of rotatable bonds is 3. The number of alkyl halides is 2. The molecular weight excluding hydrogens is 287 g/mol. The van der Waals surface area contributed by atoms with E-state index < -0.39 is 10.7 Å². The average Bonchev–Trinajstić information content (AvgIpc) is 2.92. The van der Waals surface area contributed by atoms with E-state index in [-0.39, 0.29) is 5.91 Å². The molecule has 0 aromatic heterocycles. The normalized spacial score (nSPS) is 14.8. The summed E-state index contributed by atoms with van der Waals surface area (Å²) in [5, 5.41) is 2.56. The molecule has 0 atom stereocenters. The van der Waals surface area contributed by atoms with Crippen LogP contribution in [0.3, 0.4) is 0 Å². The number of carbonyl (C=O) groups is 2. The lowest BCUT2D eigenvalue weighted by molar-refractivity contribution is -0.114. The van der Waals surface area contributed by atoms with E-state index in [1.165, 1.54) is 0 Å². The molecule has 1 saturated heterocycles. The molecule has 2 rings (SSSR count). The molecule has 0 saturated carbocycles. The Balaban J connectivity index is 2.20. The monoisotopic (exact) mass is 300 g/mol. The van der Waals surface area contributed by atoms with Crippen molar-refractivity contribution in [1.29, 1.82) is 0 Å². The minimum Gasteiger partial charge on any atom is -0.339 e. The number of carbonyl (C=O) groups excluding carboxylic acids is 2. The SMILES string of the molecule is O=C(Nc1ccccc1C(=O)N1CCCC1)C(Cl)Cl. The second-order valence-corrected chi connectivity index (χ2v) is 5.43. The van der Waals surface area contributed by atoms with E-state index in [1.54, 1.807) is 29.2 Å². The highest BCUT2D eigenvalue weighted by Crippen LogP contribution is 2.21. The zero-order valence-corrected chi connectivity index (χ0v) is 11.7. The van der Waals surface area contributed by atoms with Crippen molar-refractivity contribution in [3.05, 3.63) is 29.8 Å². The Morgan fingerprint density at radius 3 is 2.42 bits per heavy atom. The second kappa shape index (κ2) is 6.26. The molecule has 0 radical (unpaired) electrons. The first-order valence-corrected chi connectivity index (χ1v) is 6.94. The number of para-hydroxylation sites is 1. The van der Waals surface area contributed by atoms with Gasteiger partial charge in [-0.2, -0.15) is 0 Å². The van der Waals surface area contributed by atoms with E-state index >= 15 is 0 Å². The summed E-state index contributed by atoms with van der Waals surface area (Å²) in [4.78, 5) is 24.5. The third-order valence-corrected chi connectivity index (χ3v) is 3.40. The summed E-state index contributed by atoms with van der Waals surface area (Å²) in [6.07, 6.45) is 2.04. The lowest BCUT2D eigenvalue weighted by Crippen LogP contribution is -2.29. The number of amides is 2. The zero-order valence-electron chi connectivity index (χ0n) is 10.2. The first-order valence-electron chi connectivity index (χ1n) is 6.07. The third kappa shape index (κ3) is 3.39. The van der Waals surface area contributed by atoms with Gasteiger partial charge in [-0.1, -0.05) is 35.3 Å². The minimum atomic E-state index is -1.16. The number of hydrogen-bond donors (Lipinski definition) is 1. The fourth-order valence-electron chi connectivity index (χ4n) is 2.06. The van der Waals surface area contributed by atoms with Crippen molar-refractivity contribution in [2.24, 2.45) is 0 Å². The quantitative estimate of drug-likeness (QED) is 0.873. The lowest BCUT2D eigenvalue weighted by Gasteiger charge is -2.18. The van der Waals surface area contributed by atoms with Crippen LogP contribution < -0.4 is 5.32 Å². The second-order valence-electron chi connectivity index (χ2n) is 4.33. The highest BCUT2D eigenvalue weighted by Gasteiger charge is 2.22. The molecule has 4 nitrogen and oxygen atoms in total. The van der Waals surface area contributed by atoms with Gasteiger partial charge in [0.05, 0.1) is 11.3 Å². The number of anilines is 1. The maximum atomic E-state index is 12.3. The molecule has 1 aromatic rings. The number of hydrogen-bond acceptors (Lipinski definition) is 2. The van der Waals surface area contributed by atoms with E-state index in [0.29, 0.717) is 11.3 Å². The van der Waals surface area contributed by atoms with Crippen molar-refractivity contribution in [1.82, 2.24) is 4.90 Å². The van der Waals surface area contributed by atoms with Crippen LogP contribution in [0.15, 0.2) is 24.3 Å². The molecule has 1 aliphatic rings. The Morgan fingerprint density at radius 2 is 1.79 bits per heavy atom. The maximum absolute atomic E-state index is 12.3. The number of nitrogens with zero attached hydrogens (tertiary/aromatic N) is 1. The molecule has 0 aliphatic carbocycles. The van der Waals surface area contributed by atoms with E-state index in [9.17, 15) is 9.59 Å². The van der Waals surface area contributed by atoms with Crippen molar-refractivity contribution < 1.29 is 9.59 Å². The summed E-state index contributed by atoms with van der Waals surface area (Å²) in [6, 6.07) is 6.86. The number of halogens is 2. The van der Waals surface area contributed by atoms with Crippen LogP contribution in [0.1, 0.15) is 23.2 Å². The highest BCUT2D eigenvalue weighted by molar-refractivity contribution is 6.54. The Morgan fingerprint density at radius 1 is 1.16 bits per heavy atom. The zero-order chi connectivity index (χ0) is 13.8. The van der Waals surface area contributed by atoms with Gasteiger partial charge in [0.1, 0.15) is 0 Å². The molecule has 0 unspecified atom stereocenters. The van der Waals surface area contributed by atoms with Gasteiger partial charge in [0, 0.05) is 13.1 Å². The molecule has 1 fully saturated rings. The molecule has 1 N–H and O–H groups in total. The third-order valence-electron chi connectivity index (χ3n) is 3.01. The minimum absolute atomic E-state index is 0.0749. The van der Waals surface area contributed by atoms with Gasteiger partial charge in [0.25, 0.3) is 11.8 Å². The number of nitrogens with one attached hydrogen (secondary N) is 1. The molecule has 19 heavy (non-hydrogen) atoms. The van der Waals surface area contributed by atoms with Gasteiger partial charge in [0.15, 0.2) is 4.84 Å².